The van der Waals surface area contributed by atoms with Crippen molar-refractivity contribution in [2.45, 2.75) is 13.5 Å². The molecule has 1 aliphatic heterocycles. The van der Waals surface area contributed by atoms with Gasteiger partial charge >= 0.3 is 5.97 Å². The summed E-state index contributed by atoms with van der Waals surface area (Å²) in [4.78, 5) is 50.6. The molecule has 1 aliphatic rings. The molecule has 8 heteroatoms. The summed E-state index contributed by atoms with van der Waals surface area (Å²) >= 11 is 0. The van der Waals surface area contributed by atoms with E-state index in [0.717, 1.165) is 4.90 Å². The van der Waals surface area contributed by atoms with Crippen molar-refractivity contribution in [3.05, 3.63) is 100 Å². The quantitative estimate of drug-likeness (QED) is 0.460. The minimum absolute atomic E-state index is 0.00700. The predicted molar refractivity (Wildman–Crippen MR) is 117 cm³/mol. The van der Waals surface area contributed by atoms with Crippen molar-refractivity contribution in [1.29, 1.82) is 0 Å². The minimum atomic E-state index is -0.746. The van der Waals surface area contributed by atoms with Crippen LogP contribution in [0.4, 0.5) is 10.1 Å². The van der Waals surface area contributed by atoms with Gasteiger partial charge in [-0.3, -0.25) is 19.3 Å². The van der Waals surface area contributed by atoms with Crippen LogP contribution in [-0.4, -0.2) is 35.2 Å². The highest BCUT2D eigenvalue weighted by Gasteiger charge is 2.35. The highest BCUT2D eigenvalue weighted by molar-refractivity contribution is 6.21. The number of rotatable bonds is 6. The zero-order valence-corrected chi connectivity index (χ0v) is 17.6. The van der Waals surface area contributed by atoms with Crippen LogP contribution in [0.5, 0.6) is 0 Å². The molecule has 7 nitrogen and oxygen atoms in total. The second-order valence-corrected chi connectivity index (χ2v) is 7.53. The Balaban J connectivity index is 1.37. The second-order valence-electron chi connectivity index (χ2n) is 7.53. The van der Waals surface area contributed by atoms with E-state index >= 15 is 0 Å². The van der Waals surface area contributed by atoms with Crippen LogP contribution in [0.25, 0.3) is 0 Å². The molecule has 3 amide bonds. The van der Waals surface area contributed by atoms with Gasteiger partial charge in [-0.1, -0.05) is 30.3 Å². The average molecular weight is 446 g/mol. The molecule has 0 fully saturated rings. The van der Waals surface area contributed by atoms with Gasteiger partial charge in [0.05, 0.1) is 23.2 Å². The molecule has 0 saturated carbocycles. The fraction of sp³-hybridized carbons (Fsp3) is 0.120. The third kappa shape index (κ3) is 4.64. The molecule has 0 saturated heterocycles. The minimum Gasteiger partial charge on any atom is -0.452 e. The fourth-order valence-electron chi connectivity index (χ4n) is 3.44. The van der Waals surface area contributed by atoms with Crippen LogP contribution in [0.15, 0.2) is 66.7 Å². The zero-order chi connectivity index (χ0) is 23.5. The summed E-state index contributed by atoms with van der Waals surface area (Å²) in [7, 11) is 0. The standard InChI is InChI=1S/C25H19FN2O5/c1-15-9-10-18(12-21(15)26)27-22(29)14-33-25(32)17-6-4-5-16(11-17)13-28-23(30)19-7-2-3-8-20(19)24(28)31/h2-12H,13-14H2,1H3,(H,27,29). The first-order valence-corrected chi connectivity index (χ1v) is 10.1. The van der Waals surface area contributed by atoms with E-state index in [-0.39, 0.29) is 17.8 Å². The number of nitrogens with zero attached hydrogens (tertiary/aromatic N) is 1. The van der Waals surface area contributed by atoms with E-state index in [0.29, 0.717) is 22.3 Å². The van der Waals surface area contributed by atoms with Gasteiger partial charge in [0.1, 0.15) is 5.82 Å². The molecule has 166 valence electrons. The van der Waals surface area contributed by atoms with E-state index in [1.54, 1.807) is 49.4 Å². The number of ether oxygens (including phenoxy) is 1. The van der Waals surface area contributed by atoms with Gasteiger partial charge in [0.2, 0.25) is 0 Å². The van der Waals surface area contributed by atoms with Crippen LogP contribution in [0.2, 0.25) is 0 Å². The smallest absolute Gasteiger partial charge is 0.338 e. The van der Waals surface area contributed by atoms with Crippen LogP contribution in [0, 0.1) is 12.7 Å². The highest BCUT2D eigenvalue weighted by Crippen LogP contribution is 2.24. The fourth-order valence-corrected chi connectivity index (χ4v) is 3.44. The largest absolute Gasteiger partial charge is 0.452 e. The summed E-state index contributed by atoms with van der Waals surface area (Å²) in [6.07, 6.45) is 0. The number of amides is 3. The van der Waals surface area contributed by atoms with Crippen molar-refractivity contribution >= 4 is 29.4 Å². The van der Waals surface area contributed by atoms with Gasteiger partial charge in [0.25, 0.3) is 17.7 Å². The number of benzene rings is 3. The molecule has 1 N–H and O–H groups in total. The van der Waals surface area contributed by atoms with Crippen LogP contribution >= 0.6 is 0 Å². The normalized spacial score (nSPS) is 12.5. The highest BCUT2D eigenvalue weighted by atomic mass is 19.1. The zero-order valence-electron chi connectivity index (χ0n) is 17.6. The lowest BCUT2D eigenvalue weighted by atomic mass is 10.1. The molecule has 3 aromatic carbocycles. The molecular weight excluding hydrogens is 427 g/mol. The molecule has 0 aliphatic carbocycles. The van der Waals surface area contributed by atoms with Crippen LogP contribution < -0.4 is 5.32 Å². The van der Waals surface area contributed by atoms with Crippen molar-refractivity contribution in [1.82, 2.24) is 4.90 Å². The van der Waals surface area contributed by atoms with Crippen LogP contribution in [-0.2, 0) is 16.1 Å². The average Bonchev–Trinajstić information content (AvgIpc) is 3.05. The number of esters is 1. The summed E-state index contributed by atoms with van der Waals surface area (Å²) in [6.45, 7) is 1.04. The first kappa shape index (κ1) is 21.9. The number of nitrogens with one attached hydrogen (secondary N) is 1. The van der Waals surface area contributed by atoms with Crippen LogP contribution in [0.3, 0.4) is 0 Å². The Hall–Kier alpha value is -4.33. The third-order valence-corrected chi connectivity index (χ3v) is 5.17. The molecule has 0 atom stereocenters. The molecule has 0 spiro atoms. The van der Waals surface area contributed by atoms with Gasteiger partial charge in [-0.15, -0.1) is 0 Å². The van der Waals surface area contributed by atoms with Crippen LogP contribution in [0.1, 0.15) is 42.2 Å². The molecule has 33 heavy (non-hydrogen) atoms. The Labute approximate surface area is 188 Å². The molecule has 0 aromatic heterocycles. The summed E-state index contributed by atoms with van der Waals surface area (Å²) in [5.41, 5.74) is 2.11. The summed E-state index contributed by atoms with van der Waals surface area (Å²) in [6, 6.07) is 17.1. The van der Waals surface area contributed by atoms with E-state index in [4.69, 9.17) is 4.74 Å². The van der Waals surface area contributed by atoms with E-state index < -0.39 is 36.1 Å². The van der Waals surface area contributed by atoms with Crippen molar-refractivity contribution in [3.63, 3.8) is 0 Å². The van der Waals surface area contributed by atoms with Crippen molar-refractivity contribution < 1.29 is 28.3 Å². The Morgan fingerprint density at radius 1 is 0.939 bits per heavy atom. The first-order chi connectivity index (χ1) is 15.8. The maximum atomic E-state index is 13.6. The van der Waals surface area contributed by atoms with E-state index in [1.165, 1.54) is 24.3 Å². The second kappa shape index (κ2) is 9.04. The molecular formula is C25H19FN2O5. The van der Waals surface area contributed by atoms with Crippen molar-refractivity contribution in [2.24, 2.45) is 0 Å². The number of halogens is 1. The lowest BCUT2D eigenvalue weighted by Gasteiger charge is -2.14. The number of anilines is 1. The number of hydrogen-bond acceptors (Lipinski definition) is 5. The maximum Gasteiger partial charge on any atom is 0.338 e. The SMILES string of the molecule is Cc1ccc(NC(=O)COC(=O)c2cccc(CN3C(=O)c4ccccc4C3=O)c2)cc1F. The number of aryl methyl sites for hydroxylation is 1. The lowest BCUT2D eigenvalue weighted by molar-refractivity contribution is -0.119. The molecule has 0 unspecified atom stereocenters. The Bertz CT molecular complexity index is 1250. The number of imide groups is 1. The molecule has 0 radical (unpaired) electrons. The lowest BCUT2D eigenvalue weighted by Crippen LogP contribution is -2.29. The van der Waals surface area contributed by atoms with Gasteiger partial charge in [-0.05, 0) is 54.4 Å². The number of carbonyl (C=O) groups excluding carboxylic acids is 4. The summed E-state index contributed by atoms with van der Waals surface area (Å²) < 4.78 is 18.6. The van der Waals surface area contributed by atoms with Gasteiger partial charge < -0.3 is 10.1 Å². The predicted octanol–water partition coefficient (Wildman–Crippen LogP) is 3.73. The maximum absolute atomic E-state index is 13.6. The monoisotopic (exact) mass is 446 g/mol. The van der Waals surface area contributed by atoms with E-state index in [9.17, 15) is 23.6 Å². The molecule has 3 aromatic rings. The first-order valence-electron chi connectivity index (χ1n) is 10.1. The van der Waals surface area contributed by atoms with Gasteiger partial charge in [0, 0.05) is 5.69 Å². The van der Waals surface area contributed by atoms with Gasteiger partial charge in [-0.25, -0.2) is 9.18 Å². The summed E-state index contributed by atoms with van der Waals surface area (Å²) in [5, 5.41) is 2.46. The van der Waals surface area contributed by atoms with E-state index in [2.05, 4.69) is 5.32 Å². The van der Waals surface area contributed by atoms with Crippen molar-refractivity contribution in [3.8, 4) is 0 Å². The van der Waals surface area contributed by atoms with Gasteiger partial charge in [-0.2, -0.15) is 0 Å². The third-order valence-electron chi connectivity index (χ3n) is 5.17. The molecule has 1 heterocycles. The topological polar surface area (TPSA) is 92.8 Å². The van der Waals surface area contributed by atoms with Gasteiger partial charge in [0.15, 0.2) is 6.61 Å². The number of carbonyl (C=O) groups is 4. The Morgan fingerprint density at radius 3 is 2.30 bits per heavy atom. The van der Waals surface area contributed by atoms with Crippen molar-refractivity contribution in [2.75, 3.05) is 11.9 Å². The number of fused-ring (bicyclic) bond motifs is 1. The number of hydrogen-bond donors (Lipinski definition) is 1. The molecule has 0 bridgehead atoms. The molecule has 4 rings (SSSR count). The van der Waals surface area contributed by atoms with E-state index in [1.807, 2.05) is 0 Å². The summed E-state index contributed by atoms with van der Waals surface area (Å²) in [5.74, 6) is -2.61. The Morgan fingerprint density at radius 2 is 1.64 bits per heavy atom. The Kier molecular flexibility index (Phi) is 5.99.